The number of hydrogen-bond donors (Lipinski definition) is 4. The van der Waals surface area contributed by atoms with E-state index in [1.54, 1.807) is 24.3 Å². The van der Waals surface area contributed by atoms with Gasteiger partial charge in [-0.25, -0.2) is 18.4 Å². The lowest BCUT2D eigenvalue weighted by molar-refractivity contribution is -0.124. The third-order valence-corrected chi connectivity index (χ3v) is 6.42. The molecule has 2 atom stereocenters. The number of carbonyl (C=O) groups excluding carboxylic acids is 4. The molecule has 2 heterocycles. The molecule has 0 bridgehead atoms. The van der Waals surface area contributed by atoms with Crippen molar-refractivity contribution < 1.29 is 28.0 Å². The van der Waals surface area contributed by atoms with Gasteiger partial charge in [-0.3, -0.25) is 14.2 Å². The molecule has 1 aliphatic heterocycles. The predicted molar refractivity (Wildman–Crippen MR) is 132 cm³/mol. The first-order chi connectivity index (χ1) is 17.6. The number of amides is 5. The molecule has 5 N–H and O–H groups in total. The van der Waals surface area contributed by atoms with Crippen molar-refractivity contribution in [2.24, 2.45) is 5.73 Å². The summed E-state index contributed by atoms with van der Waals surface area (Å²) in [5, 5.41) is 7.76. The lowest BCUT2D eigenvalue weighted by atomic mass is 10.0. The Labute approximate surface area is 214 Å². The Hall–Kier alpha value is -4.19. The summed E-state index contributed by atoms with van der Waals surface area (Å²) in [5.74, 6) is -1.42. The van der Waals surface area contributed by atoms with E-state index < -0.39 is 55.0 Å². The van der Waals surface area contributed by atoms with Crippen LogP contribution < -0.4 is 21.7 Å². The van der Waals surface area contributed by atoms with Gasteiger partial charge >= 0.3 is 12.1 Å². The van der Waals surface area contributed by atoms with Crippen molar-refractivity contribution >= 4 is 52.6 Å². The van der Waals surface area contributed by atoms with E-state index in [0.29, 0.717) is 17.3 Å². The quantitative estimate of drug-likeness (QED) is 0.347. The van der Waals surface area contributed by atoms with Crippen LogP contribution in [0.2, 0.25) is 5.02 Å². The van der Waals surface area contributed by atoms with Crippen molar-refractivity contribution in [1.29, 1.82) is 0 Å². The molecule has 3 aromatic rings. The lowest BCUT2D eigenvalue weighted by Crippen LogP contribution is -2.47. The van der Waals surface area contributed by atoms with Gasteiger partial charge in [-0.2, -0.15) is 0 Å². The van der Waals surface area contributed by atoms with Gasteiger partial charge in [0.1, 0.15) is 17.5 Å². The molecule has 10 nitrogen and oxygen atoms in total. The summed E-state index contributed by atoms with van der Waals surface area (Å²) in [4.78, 5) is 49.9. The number of nitrogens with zero attached hydrogens (tertiary/aromatic N) is 2. The number of halogens is 3. The van der Waals surface area contributed by atoms with E-state index in [-0.39, 0.29) is 22.8 Å². The highest BCUT2D eigenvalue weighted by Crippen LogP contribution is 2.32. The SMILES string of the molecule is NC(=O)n1cc(NC(=O)N2C[C@@](F)(CNC=O)C[C@H]2C(=O)NCc2cccc(Cl)c2F)c2ccccc21. The highest BCUT2D eigenvalue weighted by Gasteiger charge is 2.49. The van der Waals surface area contributed by atoms with E-state index in [2.05, 4.69) is 16.0 Å². The van der Waals surface area contributed by atoms with Gasteiger partial charge in [0.25, 0.3) is 0 Å². The lowest BCUT2D eigenvalue weighted by Gasteiger charge is -2.24. The molecule has 1 saturated heterocycles. The van der Waals surface area contributed by atoms with E-state index in [9.17, 15) is 23.6 Å². The third kappa shape index (κ3) is 5.33. The Balaban J connectivity index is 1.57. The summed E-state index contributed by atoms with van der Waals surface area (Å²) in [6.45, 7) is -1.17. The summed E-state index contributed by atoms with van der Waals surface area (Å²) in [6.07, 6.45) is 1.24. The maximum absolute atomic E-state index is 15.5. The Morgan fingerprint density at radius 3 is 2.68 bits per heavy atom. The number of nitrogens with one attached hydrogen (secondary N) is 3. The van der Waals surface area contributed by atoms with E-state index >= 15 is 4.39 Å². The summed E-state index contributed by atoms with van der Waals surface area (Å²) >= 11 is 5.78. The average molecular weight is 533 g/mol. The van der Waals surface area contributed by atoms with Crippen LogP contribution in [0.4, 0.5) is 24.1 Å². The minimum atomic E-state index is -2.09. The number of hydrogen-bond acceptors (Lipinski definition) is 4. The number of fused-ring (bicyclic) bond motifs is 1. The molecule has 5 amide bonds. The third-order valence-electron chi connectivity index (χ3n) is 6.13. The van der Waals surface area contributed by atoms with Gasteiger partial charge in [0.05, 0.1) is 29.3 Å². The van der Waals surface area contributed by atoms with Crippen LogP contribution in [0.25, 0.3) is 10.9 Å². The van der Waals surface area contributed by atoms with Gasteiger partial charge in [0.2, 0.25) is 12.3 Å². The molecule has 4 rings (SSSR count). The highest BCUT2D eigenvalue weighted by molar-refractivity contribution is 6.30. The molecule has 13 heteroatoms. The monoisotopic (exact) mass is 532 g/mol. The molecule has 0 saturated carbocycles. The number of benzene rings is 2. The van der Waals surface area contributed by atoms with Crippen LogP contribution in [0.5, 0.6) is 0 Å². The second-order valence-electron chi connectivity index (χ2n) is 8.63. The van der Waals surface area contributed by atoms with Crippen LogP contribution in [0.1, 0.15) is 12.0 Å². The number of likely N-dealkylation sites (tertiary alicyclic amines) is 1. The number of aromatic nitrogens is 1. The minimum Gasteiger partial charge on any atom is -0.355 e. The van der Waals surface area contributed by atoms with E-state index in [1.807, 2.05) is 0 Å². The van der Waals surface area contributed by atoms with Crippen molar-refractivity contribution in [1.82, 2.24) is 20.1 Å². The molecule has 1 fully saturated rings. The fourth-order valence-corrected chi connectivity index (χ4v) is 4.56. The molecule has 0 unspecified atom stereocenters. The summed E-state index contributed by atoms with van der Waals surface area (Å²) in [6, 6.07) is 8.13. The van der Waals surface area contributed by atoms with Crippen LogP contribution in [0.3, 0.4) is 0 Å². The zero-order valence-electron chi connectivity index (χ0n) is 19.3. The Morgan fingerprint density at radius 1 is 1.19 bits per heavy atom. The van der Waals surface area contributed by atoms with Crippen molar-refractivity contribution in [3.8, 4) is 0 Å². The second-order valence-corrected chi connectivity index (χ2v) is 9.03. The molecular formula is C24H23ClF2N6O4. The first-order valence-electron chi connectivity index (χ1n) is 11.2. The summed E-state index contributed by atoms with van der Waals surface area (Å²) in [5.41, 5.74) is 4.11. The maximum atomic E-state index is 15.5. The van der Waals surface area contributed by atoms with Crippen molar-refractivity contribution in [2.45, 2.75) is 24.7 Å². The first-order valence-corrected chi connectivity index (χ1v) is 11.6. The van der Waals surface area contributed by atoms with Crippen LogP contribution in [0, 0.1) is 5.82 Å². The number of carbonyl (C=O) groups is 4. The average Bonchev–Trinajstić information content (AvgIpc) is 3.42. The van der Waals surface area contributed by atoms with Gasteiger partial charge in [-0.1, -0.05) is 41.9 Å². The Bertz CT molecular complexity index is 1380. The van der Waals surface area contributed by atoms with Gasteiger partial charge in [-0.05, 0) is 12.1 Å². The minimum absolute atomic E-state index is 0.114. The highest BCUT2D eigenvalue weighted by atomic mass is 35.5. The zero-order chi connectivity index (χ0) is 26.7. The molecule has 0 radical (unpaired) electrons. The summed E-state index contributed by atoms with van der Waals surface area (Å²) < 4.78 is 30.9. The second kappa shape index (κ2) is 10.4. The molecular weight excluding hydrogens is 510 g/mol. The molecule has 0 aliphatic carbocycles. The number of anilines is 1. The molecule has 2 aromatic carbocycles. The van der Waals surface area contributed by atoms with E-state index in [0.717, 1.165) is 9.47 Å². The number of alkyl halides is 1. The van der Waals surface area contributed by atoms with E-state index in [1.165, 1.54) is 24.4 Å². The Kier molecular flexibility index (Phi) is 7.30. The summed E-state index contributed by atoms with van der Waals surface area (Å²) in [7, 11) is 0. The number of urea groups is 1. The van der Waals surface area contributed by atoms with Crippen LogP contribution in [0.15, 0.2) is 48.7 Å². The van der Waals surface area contributed by atoms with Crippen molar-refractivity contribution in [3.05, 3.63) is 65.1 Å². The smallest absolute Gasteiger partial charge is 0.323 e. The molecule has 37 heavy (non-hydrogen) atoms. The van der Waals surface area contributed by atoms with Crippen molar-refractivity contribution in [3.63, 3.8) is 0 Å². The van der Waals surface area contributed by atoms with Crippen LogP contribution >= 0.6 is 11.6 Å². The van der Waals surface area contributed by atoms with Crippen LogP contribution in [-0.4, -0.2) is 58.6 Å². The van der Waals surface area contributed by atoms with Gasteiger partial charge in [0.15, 0.2) is 0 Å². The van der Waals surface area contributed by atoms with Gasteiger partial charge in [-0.15, -0.1) is 0 Å². The maximum Gasteiger partial charge on any atom is 0.323 e. The standard InChI is InChI=1S/C24H23ClF2N6O4/c25-16-6-3-4-14(20(16)26)9-30-21(35)19-8-24(27,11-29-13-34)12-33(19)23(37)31-17-10-32(22(28)36)18-7-2-1-5-15(17)18/h1-7,10,13,19H,8-9,11-12H2,(H2,28,36)(H,29,34)(H,30,35)(H,31,37)/t19-,24-/m0/s1. The number of nitrogens with two attached hydrogens (primary N) is 1. The normalized spacial score (nSPS) is 19.0. The fourth-order valence-electron chi connectivity index (χ4n) is 4.37. The number of primary amides is 1. The first kappa shape index (κ1) is 25.9. The molecule has 194 valence electrons. The van der Waals surface area contributed by atoms with Gasteiger partial charge < -0.3 is 26.6 Å². The largest absolute Gasteiger partial charge is 0.355 e. The topological polar surface area (TPSA) is 139 Å². The van der Waals surface area contributed by atoms with Crippen LogP contribution in [-0.2, 0) is 16.1 Å². The van der Waals surface area contributed by atoms with Gasteiger partial charge in [0, 0.05) is 30.1 Å². The molecule has 1 aliphatic rings. The molecule has 0 spiro atoms. The van der Waals surface area contributed by atoms with Crippen molar-refractivity contribution in [2.75, 3.05) is 18.4 Å². The number of rotatable bonds is 7. The fraction of sp³-hybridized carbons (Fsp3) is 0.250. The predicted octanol–water partition coefficient (Wildman–Crippen LogP) is 2.74. The number of para-hydroxylation sites is 1. The molecule has 1 aromatic heterocycles. The Morgan fingerprint density at radius 2 is 1.95 bits per heavy atom. The van der Waals surface area contributed by atoms with E-state index in [4.69, 9.17) is 17.3 Å². The zero-order valence-corrected chi connectivity index (χ0v) is 20.1.